The molecule has 0 unspecified atom stereocenters. The van der Waals surface area contributed by atoms with Crippen LogP contribution in [0.25, 0.3) is 11.3 Å². The van der Waals surface area contributed by atoms with E-state index in [-0.39, 0.29) is 12.4 Å². The fourth-order valence-electron chi connectivity index (χ4n) is 4.00. The molecule has 178 valence electrons. The standard InChI is InChI=1S/C26H29ClFN5O/c27-23-17-31-26(32-21-9-7-18(8-10-21)15-29-11-12-34)14-22(23)24-5-2-6-25(33-24)30-16-19-3-1-4-20(28)13-19/h1-6,13-15,17,21,29,34H,7-12,16H2,(H,30,33)(H,31,32). The summed E-state index contributed by atoms with van der Waals surface area (Å²) >= 11 is 6.47. The summed E-state index contributed by atoms with van der Waals surface area (Å²) in [6, 6.07) is 14.5. The lowest BCUT2D eigenvalue weighted by Gasteiger charge is -2.25. The quantitative estimate of drug-likeness (QED) is 0.308. The second-order valence-electron chi connectivity index (χ2n) is 8.34. The fourth-order valence-corrected chi connectivity index (χ4v) is 4.20. The molecule has 1 aliphatic carbocycles. The normalized spacial score (nSPS) is 15.6. The van der Waals surface area contributed by atoms with Gasteiger partial charge in [0.05, 0.1) is 17.3 Å². The van der Waals surface area contributed by atoms with Gasteiger partial charge in [0.15, 0.2) is 0 Å². The van der Waals surface area contributed by atoms with Gasteiger partial charge in [-0.2, -0.15) is 0 Å². The second kappa shape index (κ2) is 11.8. The van der Waals surface area contributed by atoms with E-state index in [1.165, 1.54) is 17.7 Å². The van der Waals surface area contributed by atoms with Gasteiger partial charge in [0, 0.05) is 30.9 Å². The molecule has 1 aromatic carbocycles. The third kappa shape index (κ3) is 6.68. The Labute approximate surface area is 204 Å². The maximum Gasteiger partial charge on any atom is 0.126 e. The summed E-state index contributed by atoms with van der Waals surface area (Å²) in [5.74, 6) is 1.20. The van der Waals surface area contributed by atoms with Crippen molar-refractivity contribution in [1.82, 2.24) is 15.3 Å². The van der Waals surface area contributed by atoms with Crippen LogP contribution in [0.3, 0.4) is 0 Å². The molecule has 0 atom stereocenters. The third-order valence-electron chi connectivity index (χ3n) is 5.79. The Hall–Kier alpha value is -3.16. The first kappa shape index (κ1) is 24.0. The van der Waals surface area contributed by atoms with Crippen LogP contribution in [0.15, 0.2) is 66.5 Å². The average molecular weight is 482 g/mol. The molecule has 3 aromatic rings. The van der Waals surface area contributed by atoms with E-state index in [0.717, 1.165) is 48.3 Å². The lowest BCUT2D eigenvalue weighted by molar-refractivity contribution is 0.298. The lowest BCUT2D eigenvalue weighted by Crippen LogP contribution is -2.24. The highest BCUT2D eigenvalue weighted by atomic mass is 35.5. The Bertz CT molecular complexity index is 1130. The number of nitrogens with zero attached hydrogens (tertiary/aromatic N) is 2. The van der Waals surface area contributed by atoms with Gasteiger partial charge in [0.2, 0.25) is 0 Å². The minimum atomic E-state index is -0.256. The van der Waals surface area contributed by atoms with Crippen LogP contribution >= 0.6 is 11.6 Å². The summed E-state index contributed by atoms with van der Waals surface area (Å²) < 4.78 is 13.4. The van der Waals surface area contributed by atoms with E-state index in [1.54, 1.807) is 12.3 Å². The predicted molar refractivity (Wildman–Crippen MR) is 135 cm³/mol. The molecule has 0 aliphatic heterocycles. The molecule has 1 fully saturated rings. The van der Waals surface area contributed by atoms with Gasteiger partial charge in [-0.15, -0.1) is 0 Å². The molecule has 0 radical (unpaired) electrons. The molecule has 6 nitrogen and oxygen atoms in total. The molecule has 1 saturated carbocycles. The molecule has 2 heterocycles. The van der Waals surface area contributed by atoms with Crippen LogP contribution in [0.1, 0.15) is 31.2 Å². The van der Waals surface area contributed by atoms with E-state index >= 15 is 0 Å². The van der Waals surface area contributed by atoms with Gasteiger partial charge in [-0.3, -0.25) is 0 Å². The number of pyridine rings is 2. The van der Waals surface area contributed by atoms with E-state index in [0.29, 0.717) is 30.0 Å². The molecule has 0 bridgehead atoms. The Morgan fingerprint density at radius 3 is 2.71 bits per heavy atom. The maximum absolute atomic E-state index is 13.4. The number of hydrogen-bond donors (Lipinski definition) is 4. The van der Waals surface area contributed by atoms with E-state index < -0.39 is 0 Å². The Balaban J connectivity index is 1.40. The fraction of sp³-hybridized carbons (Fsp3) is 0.308. The monoisotopic (exact) mass is 481 g/mol. The number of hydrogen-bond acceptors (Lipinski definition) is 6. The number of aliphatic hydroxyl groups excluding tert-OH is 1. The summed E-state index contributed by atoms with van der Waals surface area (Å²) in [5, 5.41) is 19.3. The number of halogens is 2. The number of nitrogens with one attached hydrogen (secondary N) is 3. The van der Waals surface area contributed by atoms with Crippen molar-refractivity contribution in [3.63, 3.8) is 0 Å². The summed E-state index contributed by atoms with van der Waals surface area (Å²) in [7, 11) is 0. The topological polar surface area (TPSA) is 82.1 Å². The van der Waals surface area contributed by atoms with Gasteiger partial charge < -0.3 is 21.1 Å². The van der Waals surface area contributed by atoms with Crippen LogP contribution in [-0.2, 0) is 6.54 Å². The van der Waals surface area contributed by atoms with Gasteiger partial charge in [0.1, 0.15) is 17.5 Å². The van der Waals surface area contributed by atoms with Gasteiger partial charge in [0.25, 0.3) is 0 Å². The number of aliphatic hydroxyl groups is 1. The van der Waals surface area contributed by atoms with Crippen LogP contribution in [0, 0.1) is 5.82 Å². The molecule has 1 aliphatic rings. The highest BCUT2D eigenvalue weighted by molar-refractivity contribution is 6.33. The van der Waals surface area contributed by atoms with E-state index in [9.17, 15) is 4.39 Å². The molecule has 8 heteroatoms. The Morgan fingerprint density at radius 2 is 1.91 bits per heavy atom. The second-order valence-corrected chi connectivity index (χ2v) is 8.75. The highest BCUT2D eigenvalue weighted by Crippen LogP contribution is 2.31. The van der Waals surface area contributed by atoms with Gasteiger partial charge in [-0.25, -0.2) is 14.4 Å². The average Bonchev–Trinajstić information content (AvgIpc) is 2.85. The predicted octanol–water partition coefficient (Wildman–Crippen LogP) is 5.37. The van der Waals surface area contributed by atoms with Gasteiger partial charge in [-0.05, 0) is 67.8 Å². The van der Waals surface area contributed by atoms with Crippen LogP contribution in [0.4, 0.5) is 16.0 Å². The van der Waals surface area contributed by atoms with Crippen molar-refractivity contribution in [3.8, 4) is 11.3 Å². The molecule has 2 aromatic heterocycles. The molecule has 0 saturated heterocycles. The van der Waals surface area contributed by atoms with E-state index in [4.69, 9.17) is 21.7 Å². The number of allylic oxidation sites excluding steroid dienone is 1. The van der Waals surface area contributed by atoms with Gasteiger partial charge in [-0.1, -0.05) is 35.4 Å². The molecular weight excluding hydrogens is 453 g/mol. The van der Waals surface area contributed by atoms with Gasteiger partial charge >= 0.3 is 0 Å². The Morgan fingerprint density at radius 1 is 1.09 bits per heavy atom. The van der Waals surface area contributed by atoms with Crippen LogP contribution in [0.5, 0.6) is 0 Å². The van der Waals surface area contributed by atoms with Crippen molar-refractivity contribution in [2.45, 2.75) is 38.3 Å². The Kier molecular flexibility index (Phi) is 8.33. The van der Waals surface area contributed by atoms with E-state index in [1.807, 2.05) is 36.5 Å². The molecular formula is C26H29ClFN5O. The smallest absolute Gasteiger partial charge is 0.126 e. The minimum Gasteiger partial charge on any atom is -0.395 e. The van der Waals surface area contributed by atoms with Crippen LogP contribution < -0.4 is 16.0 Å². The molecule has 4 rings (SSSR count). The van der Waals surface area contributed by atoms with Crippen molar-refractivity contribution in [2.24, 2.45) is 0 Å². The SMILES string of the molecule is OCCNC=C1CCC(Nc2cc(-c3cccc(NCc4cccc(F)c4)n3)c(Cl)cn2)CC1. The maximum atomic E-state index is 13.4. The van der Waals surface area contributed by atoms with E-state index in [2.05, 4.69) is 20.9 Å². The molecule has 34 heavy (non-hydrogen) atoms. The zero-order chi connectivity index (χ0) is 23.8. The largest absolute Gasteiger partial charge is 0.395 e. The molecule has 0 amide bonds. The zero-order valence-corrected chi connectivity index (χ0v) is 19.7. The number of anilines is 2. The van der Waals surface area contributed by atoms with Crippen LogP contribution in [-0.4, -0.2) is 34.3 Å². The summed E-state index contributed by atoms with van der Waals surface area (Å²) in [6.45, 7) is 1.19. The van der Waals surface area contributed by atoms with Crippen LogP contribution in [0.2, 0.25) is 5.02 Å². The number of rotatable bonds is 9. The number of benzene rings is 1. The summed E-state index contributed by atoms with van der Waals surface area (Å²) in [5.41, 5.74) is 3.76. The first-order chi connectivity index (χ1) is 16.6. The highest BCUT2D eigenvalue weighted by Gasteiger charge is 2.18. The first-order valence-electron chi connectivity index (χ1n) is 11.5. The first-order valence-corrected chi connectivity index (χ1v) is 11.9. The van der Waals surface area contributed by atoms with Crippen molar-refractivity contribution in [3.05, 3.63) is 82.9 Å². The van der Waals surface area contributed by atoms with Crippen molar-refractivity contribution >= 4 is 23.2 Å². The number of aromatic nitrogens is 2. The van der Waals surface area contributed by atoms with Crippen molar-refractivity contribution in [1.29, 1.82) is 0 Å². The minimum absolute atomic E-state index is 0.138. The van der Waals surface area contributed by atoms with Crippen molar-refractivity contribution < 1.29 is 9.50 Å². The van der Waals surface area contributed by atoms with Crippen molar-refractivity contribution in [2.75, 3.05) is 23.8 Å². The summed E-state index contributed by atoms with van der Waals surface area (Å²) in [4.78, 5) is 9.17. The molecule has 0 spiro atoms. The lowest BCUT2D eigenvalue weighted by atomic mass is 9.91. The molecule has 4 N–H and O–H groups in total. The third-order valence-corrected chi connectivity index (χ3v) is 6.09. The zero-order valence-electron chi connectivity index (χ0n) is 18.9. The summed E-state index contributed by atoms with van der Waals surface area (Å²) in [6.07, 6.45) is 7.75.